The van der Waals surface area contributed by atoms with Crippen LogP contribution in [0.4, 0.5) is 10.5 Å². The van der Waals surface area contributed by atoms with E-state index in [0.717, 1.165) is 8.95 Å². The highest BCUT2D eigenvalue weighted by Gasteiger charge is 2.20. The van der Waals surface area contributed by atoms with Crippen molar-refractivity contribution in [1.82, 2.24) is 10.3 Å². The number of halogens is 2. The molecule has 0 fully saturated rings. The van der Waals surface area contributed by atoms with Crippen LogP contribution in [0, 0.1) is 0 Å². The second kappa shape index (κ2) is 10.3. The first kappa shape index (κ1) is 22.6. The van der Waals surface area contributed by atoms with Crippen molar-refractivity contribution in [3.63, 3.8) is 0 Å². The number of nitrogens with zero attached hydrogens (tertiary/aromatic N) is 1. The molecule has 0 aliphatic heterocycles. The summed E-state index contributed by atoms with van der Waals surface area (Å²) < 4.78 is 17.7. The molecular weight excluding hydrogens is 534 g/mol. The van der Waals surface area contributed by atoms with Crippen LogP contribution in [0.1, 0.15) is 10.4 Å². The molecule has 0 bridgehead atoms. The predicted molar refractivity (Wildman–Crippen MR) is 122 cm³/mol. The molecule has 2 N–H and O–H groups in total. The average molecular weight is 551 g/mol. The molecule has 0 radical (unpaired) electrons. The minimum Gasteiger partial charge on any atom is -0.496 e. The number of ether oxygens (including phenoxy) is 3. The molecule has 0 atom stereocenters. The lowest BCUT2D eigenvalue weighted by atomic mass is 10.1. The average Bonchev–Trinajstić information content (AvgIpc) is 2.76. The maximum absolute atomic E-state index is 12.5. The van der Waals surface area contributed by atoms with Gasteiger partial charge in [-0.3, -0.25) is 10.1 Å². The monoisotopic (exact) mass is 549 g/mol. The van der Waals surface area contributed by atoms with E-state index < -0.39 is 11.9 Å². The van der Waals surface area contributed by atoms with Crippen LogP contribution >= 0.6 is 31.9 Å². The van der Waals surface area contributed by atoms with Crippen molar-refractivity contribution in [3.05, 3.63) is 69.2 Å². The van der Waals surface area contributed by atoms with Gasteiger partial charge in [-0.05, 0) is 52.3 Å². The van der Waals surface area contributed by atoms with Crippen molar-refractivity contribution in [2.24, 2.45) is 0 Å². The minimum atomic E-state index is -0.732. The number of carbonyl (C=O) groups is 2. The van der Waals surface area contributed by atoms with Crippen LogP contribution in [-0.2, 0) is 0 Å². The van der Waals surface area contributed by atoms with E-state index in [4.69, 9.17) is 14.2 Å². The molecule has 3 rings (SSSR count). The summed E-state index contributed by atoms with van der Waals surface area (Å²) in [4.78, 5) is 29.0. The number of pyridine rings is 1. The number of rotatable bonds is 6. The number of benzene rings is 2. The minimum absolute atomic E-state index is 0.115. The number of hydrogen-bond acceptors (Lipinski definition) is 6. The first-order valence-corrected chi connectivity index (χ1v) is 10.4. The van der Waals surface area contributed by atoms with E-state index in [0.29, 0.717) is 17.3 Å². The zero-order chi connectivity index (χ0) is 22.4. The molecule has 3 amide bonds. The number of amides is 3. The molecule has 0 saturated heterocycles. The smallest absolute Gasteiger partial charge is 0.326 e. The Hall–Kier alpha value is -3.11. The van der Waals surface area contributed by atoms with Gasteiger partial charge in [-0.25, -0.2) is 9.78 Å². The van der Waals surface area contributed by atoms with Gasteiger partial charge in [-0.1, -0.05) is 22.0 Å². The lowest BCUT2D eigenvalue weighted by molar-refractivity contribution is 0.0961. The van der Waals surface area contributed by atoms with Gasteiger partial charge in [0.1, 0.15) is 22.8 Å². The molecule has 2 aromatic carbocycles. The fourth-order valence-corrected chi connectivity index (χ4v) is 3.72. The zero-order valence-corrected chi connectivity index (χ0v) is 19.6. The summed E-state index contributed by atoms with van der Waals surface area (Å²) in [5, 5.41) is 4.78. The highest BCUT2D eigenvalue weighted by Crippen LogP contribution is 2.31. The van der Waals surface area contributed by atoms with E-state index in [2.05, 4.69) is 47.5 Å². The second-order valence-corrected chi connectivity index (χ2v) is 7.78. The molecule has 0 aliphatic rings. The van der Waals surface area contributed by atoms with E-state index in [9.17, 15) is 9.59 Å². The summed E-state index contributed by atoms with van der Waals surface area (Å²) in [7, 11) is 2.85. The lowest BCUT2D eigenvalue weighted by Gasteiger charge is -2.13. The van der Waals surface area contributed by atoms with E-state index >= 15 is 0 Å². The van der Waals surface area contributed by atoms with Gasteiger partial charge in [0.2, 0.25) is 5.88 Å². The molecule has 8 nitrogen and oxygen atoms in total. The van der Waals surface area contributed by atoms with Crippen molar-refractivity contribution >= 4 is 49.5 Å². The van der Waals surface area contributed by atoms with Crippen molar-refractivity contribution in [1.29, 1.82) is 0 Å². The van der Waals surface area contributed by atoms with E-state index in [1.165, 1.54) is 20.4 Å². The van der Waals surface area contributed by atoms with E-state index in [1.807, 2.05) is 12.1 Å². The number of nitrogens with one attached hydrogen (secondary N) is 2. The molecule has 31 heavy (non-hydrogen) atoms. The SMILES string of the molecule is COc1cccc(OC)c1C(=O)NC(=O)Nc1ccc(Oc2ccc(Br)cc2Br)nc1. The van der Waals surface area contributed by atoms with Crippen LogP contribution in [-0.4, -0.2) is 31.1 Å². The van der Waals surface area contributed by atoms with Gasteiger partial charge in [0.15, 0.2) is 0 Å². The van der Waals surface area contributed by atoms with Crippen LogP contribution in [0.3, 0.4) is 0 Å². The summed E-state index contributed by atoms with van der Waals surface area (Å²) >= 11 is 6.79. The number of urea groups is 1. The summed E-state index contributed by atoms with van der Waals surface area (Å²) in [5.74, 6) is 0.827. The fourth-order valence-electron chi connectivity index (χ4n) is 2.59. The maximum atomic E-state index is 12.5. The van der Waals surface area contributed by atoms with Crippen LogP contribution in [0.25, 0.3) is 0 Å². The zero-order valence-electron chi connectivity index (χ0n) is 16.4. The van der Waals surface area contributed by atoms with Gasteiger partial charge < -0.3 is 19.5 Å². The lowest BCUT2D eigenvalue weighted by Crippen LogP contribution is -2.34. The van der Waals surface area contributed by atoms with Gasteiger partial charge in [0.25, 0.3) is 5.91 Å². The molecule has 160 valence electrons. The topological polar surface area (TPSA) is 98.8 Å². The Labute approximate surface area is 195 Å². The Kier molecular flexibility index (Phi) is 7.48. The normalized spacial score (nSPS) is 10.2. The Bertz CT molecular complexity index is 1080. The second-order valence-electron chi connectivity index (χ2n) is 6.01. The Morgan fingerprint density at radius 3 is 2.23 bits per heavy atom. The van der Waals surface area contributed by atoms with Gasteiger partial charge >= 0.3 is 6.03 Å². The summed E-state index contributed by atoms with van der Waals surface area (Å²) in [6.45, 7) is 0. The third kappa shape index (κ3) is 5.74. The van der Waals surface area contributed by atoms with Crippen LogP contribution in [0.5, 0.6) is 23.1 Å². The molecule has 0 saturated carbocycles. The van der Waals surface area contributed by atoms with Crippen molar-refractivity contribution in [2.45, 2.75) is 0 Å². The summed E-state index contributed by atoms with van der Waals surface area (Å²) in [5.41, 5.74) is 0.490. The Balaban J connectivity index is 1.64. The summed E-state index contributed by atoms with van der Waals surface area (Å²) in [6, 6.07) is 12.8. The van der Waals surface area contributed by atoms with E-state index in [1.54, 1.807) is 36.4 Å². The first-order chi connectivity index (χ1) is 14.9. The quantitative estimate of drug-likeness (QED) is 0.427. The maximum Gasteiger partial charge on any atom is 0.326 e. The third-order valence-corrected chi connectivity index (χ3v) is 5.10. The Morgan fingerprint density at radius 2 is 1.65 bits per heavy atom. The molecule has 1 aromatic heterocycles. The Morgan fingerprint density at radius 1 is 0.935 bits per heavy atom. The van der Waals surface area contributed by atoms with Crippen LogP contribution < -0.4 is 24.8 Å². The van der Waals surface area contributed by atoms with Gasteiger partial charge in [0, 0.05) is 10.5 Å². The fraction of sp³-hybridized carbons (Fsp3) is 0.0952. The third-order valence-electron chi connectivity index (χ3n) is 3.98. The molecule has 0 spiro atoms. The number of carbonyl (C=O) groups excluding carboxylic acids is 2. The highest BCUT2D eigenvalue weighted by atomic mass is 79.9. The standard InChI is InChI=1S/C21H17Br2N3O5/c1-29-16-4-3-5-17(30-2)19(16)20(27)26-21(28)25-13-7-9-18(24-11-13)31-15-8-6-12(22)10-14(15)23/h3-11H,1-2H3,(H2,25,26,27,28). The molecule has 10 heteroatoms. The molecule has 0 aliphatic carbocycles. The summed E-state index contributed by atoms with van der Waals surface area (Å²) in [6.07, 6.45) is 1.41. The van der Waals surface area contributed by atoms with E-state index in [-0.39, 0.29) is 17.1 Å². The highest BCUT2D eigenvalue weighted by molar-refractivity contribution is 9.11. The van der Waals surface area contributed by atoms with Gasteiger partial charge in [-0.2, -0.15) is 0 Å². The number of imide groups is 1. The van der Waals surface area contributed by atoms with Crippen molar-refractivity contribution in [2.75, 3.05) is 19.5 Å². The predicted octanol–water partition coefficient (Wildman–Crippen LogP) is 5.38. The molecule has 1 heterocycles. The number of aromatic nitrogens is 1. The van der Waals surface area contributed by atoms with Crippen LogP contribution in [0.2, 0.25) is 0 Å². The van der Waals surface area contributed by atoms with Crippen LogP contribution in [0.15, 0.2) is 63.7 Å². The van der Waals surface area contributed by atoms with Crippen molar-refractivity contribution < 1.29 is 23.8 Å². The number of methoxy groups -OCH3 is 2. The molecular formula is C21H17Br2N3O5. The van der Waals surface area contributed by atoms with Gasteiger partial charge in [0.05, 0.1) is 30.6 Å². The molecule has 3 aromatic rings. The van der Waals surface area contributed by atoms with Gasteiger partial charge in [-0.15, -0.1) is 0 Å². The number of hydrogen-bond donors (Lipinski definition) is 2. The number of anilines is 1. The first-order valence-electron chi connectivity index (χ1n) is 8.83. The van der Waals surface area contributed by atoms with Crippen molar-refractivity contribution in [3.8, 4) is 23.1 Å². The molecule has 0 unspecified atom stereocenters. The largest absolute Gasteiger partial charge is 0.496 e.